The van der Waals surface area contributed by atoms with Crippen LogP contribution in [-0.2, 0) is 7.05 Å². The molecule has 2 atom stereocenters. The molecule has 1 fully saturated rings. The van der Waals surface area contributed by atoms with E-state index in [0.717, 1.165) is 28.8 Å². The lowest BCUT2D eigenvalue weighted by atomic mass is 10.1. The maximum atomic E-state index is 12.1. The molecule has 0 bridgehead atoms. The van der Waals surface area contributed by atoms with Crippen LogP contribution in [0.2, 0.25) is 0 Å². The standard InChI is InChI=1S/C22H24N4O2/c1-13-5-6-20(24-9-13)18-7-16(18)12-28-22-19(10-23-15(3)25-22)17-8-21(27)26(4)11-14(17)2/h5-6,8-11,16,18H,7,12H2,1-4H3/t16-,18+/m1/s1. The molecule has 4 rings (SSSR count). The highest BCUT2D eigenvalue weighted by Gasteiger charge is 2.40. The lowest BCUT2D eigenvalue weighted by molar-refractivity contribution is 0.285. The fourth-order valence-electron chi connectivity index (χ4n) is 3.48. The lowest BCUT2D eigenvalue weighted by Gasteiger charge is -2.13. The van der Waals surface area contributed by atoms with Crippen molar-refractivity contribution >= 4 is 0 Å². The first kappa shape index (κ1) is 18.3. The number of hydrogen-bond acceptors (Lipinski definition) is 5. The lowest BCUT2D eigenvalue weighted by Crippen LogP contribution is -2.16. The molecular formula is C22H24N4O2. The van der Waals surface area contributed by atoms with Gasteiger partial charge in [0.1, 0.15) is 5.82 Å². The first-order chi connectivity index (χ1) is 13.4. The van der Waals surface area contributed by atoms with E-state index in [1.165, 1.54) is 5.56 Å². The van der Waals surface area contributed by atoms with Crippen molar-refractivity contribution in [3.8, 4) is 17.0 Å². The summed E-state index contributed by atoms with van der Waals surface area (Å²) in [7, 11) is 1.74. The predicted octanol–water partition coefficient (Wildman–Crippen LogP) is 3.35. The molecule has 3 aromatic rings. The number of rotatable bonds is 5. The maximum absolute atomic E-state index is 12.1. The van der Waals surface area contributed by atoms with Gasteiger partial charge in [0.05, 0.1) is 12.2 Å². The normalized spacial score (nSPS) is 18.1. The van der Waals surface area contributed by atoms with Gasteiger partial charge in [-0.3, -0.25) is 9.78 Å². The topological polar surface area (TPSA) is 69.9 Å². The zero-order chi connectivity index (χ0) is 19.8. The van der Waals surface area contributed by atoms with E-state index in [0.29, 0.717) is 30.1 Å². The van der Waals surface area contributed by atoms with Gasteiger partial charge in [-0.15, -0.1) is 0 Å². The summed E-state index contributed by atoms with van der Waals surface area (Å²) < 4.78 is 7.68. The molecular weight excluding hydrogens is 352 g/mol. The Kier molecular flexibility index (Phi) is 4.71. The third-order valence-electron chi connectivity index (χ3n) is 5.26. The Balaban J connectivity index is 1.54. The van der Waals surface area contributed by atoms with Crippen LogP contribution in [0, 0.1) is 26.7 Å². The van der Waals surface area contributed by atoms with Gasteiger partial charge < -0.3 is 9.30 Å². The van der Waals surface area contributed by atoms with E-state index >= 15 is 0 Å². The smallest absolute Gasteiger partial charge is 0.250 e. The fraction of sp³-hybridized carbons (Fsp3) is 0.364. The molecule has 0 aliphatic heterocycles. The van der Waals surface area contributed by atoms with Crippen LogP contribution in [0.15, 0.2) is 41.6 Å². The van der Waals surface area contributed by atoms with Crippen molar-refractivity contribution in [1.82, 2.24) is 19.5 Å². The summed E-state index contributed by atoms with van der Waals surface area (Å²) in [6, 6.07) is 5.82. The Labute approximate surface area is 164 Å². The van der Waals surface area contributed by atoms with Crippen molar-refractivity contribution in [3.63, 3.8) is 0 Å². The van der Waals surface area contributed by atoms with Gasteiger partial charge in [-0.1, -0.05) is 6.07 Å². The molecule has 1 saturated carbocycles. The Bertz CT molecular complexity index is 1070. The molecule has 28 heavy (non-hydrogen) atoms. The molecule has 0 unspecified atom stereocenters. The molecule has 0 saturated heterocycles. The van der Waals surface area contributed by atoms with E-state index in [2.05, 4.69) is 27.1 Å². The molecule has 0 amide bonds. The van der Waals surface area contributed by atoms with E-state index in [1.807, 2.05) is 33.2 Å². The Morgan fingerprint density at radius 3 is 2.71 bits per heavy atom. The molecule has 3 heterocycles. The van der Waals surface area contributed by atoms with Gasteiger partial charge in [-0.2, -0.15) is 4.98 Å². The number of aryl methyl sites for hydroxylation is 4. The molecule has 144 valence electrons. The van der Waals surface area contributed by atoms with E-state index in [9.17, 15) is 4.79 Å². The third kappa shape index (κ3) is 3.67. The average molecular weight is 376 g/mol. The molecule has 0 aromatic carbocycles. The summed E-state index contributed by atoms with van der Waals surface area (Å²) in [5.74, 6) is 2.06. The molecule has 0 radical (unpaired) electrons. The third-order valence-corrected chi connectivity index (χ3v) is 5.26. The van der Waals surface area contributed by atoms with Gasteiger partial charge >= 0.3 is 0 Å². The largest absolute Gasteiger partial charge is 0.477 e. The summed E-state index contributed by atoms with van der Waals surface area (Å²) in [6.07, 6.45) is 6.54. The maximum Gasteiger partial charge on any atom is 0.250 e. The molecule has 6 heteroatoms. The summed E-state index contributed by atoms with van der Waals surface area (Å²) in [5, 5.41) is 0. The highest BCUT2D eigenvalue weighted by atomic mass is 16.5. The number of aromatic nitrogens is 4. The van der Waals surface area contributed by atoms with Crippen molar-refractivity contribution in [3.05, 3.63) is 69.8 Å². The fourth-order valence-corrected chi connectivity index (χ4v) is 3.48. The molecule has 1 aliphatic carbocycles. The quantitative estimate of drug-likeness (QED) is 0.683. The van der Waals surface area contributed by atoms with Crippen LogP contribution in [0.25, 0.3) is 11.1 Å². The summed E-state index contributed by atoms with van der Waals surface area (Å²) in [4.78, 5) is 25.5. The molecule has 6 nitrogen and oxygen atoms in total. The zero-order valence-electron chi connectivity index (χ0n) is 16.6. The van der Waals surface area contributed by atoms with Crippen LogP contribution >= 0.6 is 0 Å². The van der Waals surface area contributed by atoms with Crippen LogP contribution in [-0.4, -0.2) is 26.1 Å². The highest BCUT2D eigenvalue weighted by Crippen LogP contribution is 2.47. The van der Waals surface area contributed by atoms with Gasteiger partial charge in [-0.05, 0) is 49.9 Å². The number of hydrogen-bond donors (Lipinski definition) is 0. The highest BCUT2D eigenvalue weighted by molar-refractivity contribution is 5.70. The zero-order valence-corrected chi connectivity index (χ0v) is 16.6. The minimum Gasteiger partial charge on any atom is -0.477 e. The van der Waals surface area contributed by atoms with Gasteiger partial charge in [-0.25, -0.2) is 4.98 Å². The number of pyridine rings is 2. The van der Waals surface area contributed by atoms with Crippen LogP contribution in [0.1, 0.15) is 35.0 Å². The summed E-state index contributed by atoms with van der Waals surface area (Å²) >= 11 is 0. The van der Waals surface area contributed by atoms with Gasteiger partial charge in [0.2, 0.25) is 5.88 Å². The minimum atomic E-state index is -0.0696. The first-order valence-corrected chi connectivity index (χ1v) is 9.49. The van der Waals surface area contributed by atoms with Gasteiger partial charge in [0.15, 0.2) is 0 Å². The van der Waals surface area contributed by atoms with Crippen LogP contribution in [0.3, 0.4) is 0 Å². The van der Waals surface area contributed by atoms with Crippen molar-refractivity contribution in [1.29, 1.82) is 0 Å². The van der Waals surface area contributed by atoms with Crippen molar-refractivity contribution in [2.24, 2.45) is 13.0 Å². The van der Waals surface area contributed by atoms with Gasteiger partial charge in [0, 0.05) is 49.2 Å². The number of nitrogens with zero attached hydrogens (tertiary/aromatic N) is 4. The Hall–Kier alpha value is -3.02. The van der Waals surface area contributed by atoms with Crippen LogP contribution in [0.4, 0.5) is 0 Å². The monoisotopic (exact) mass is 376 g/mol. The second kappa shape index (κ2) is 7.19. The van der Waals surface area contributed by atoms with Gasteiger partial charge in [0.25, 0.3) is 5.56 Å². The van der Waals surface area contributed by atoms with E-state index in [4.69, 9.17) is 4.74 Å². The van der Waals surface area contributed by atoms with Crippen molar-refractivity contribution in [2.75, 3.05) is 6.61 Å². The van der Waals surface area contributed by atoms with Crippen LogP contribution in [0.5, 0.6) is 5.88 Å². The van der Waals surface area contributed by atoms with Crippen molar-refractivity contribution in [2.45, 2.75) is 33.1 Å². The van der Waals surface area contributed by atoms with Crippen LogP contribution < -0.4 is 10.3 Å². The summed E-state index contributed by atoms with van der Waals surface area (Å²) in [6.45, 7) is 6.43. The van der Waals surface area contributed by atoms with E-state index < -0.39 is 0 Å². The first-order valence-electron chi connectivity index (χ1n) is 9.49. The second-order valence-electron chi connectivity index (χ2n) is 7.63. The Morgan fingerprint density at radius 2 is 1.96 bits per heavy atom. The molecule has 1 aliphatic rings. The minimum absolute atomic E-state index is 0.0696. The molecule has 3 aromatic heterocycles. The second-order valence-corrected chi connectivity index (χ2v) is 7.63. The summed E-state index contributed by atoms with van der Waals surface area (Å²) in [5.41, 5.74) is 4.77. The number of ether oxygens (including phenoxy) is 1. The average Bonchev–Trinajstić information content (AvgIpc) is 3.44. The van der Waals surface area contributed by atoms with E-state index in [-0.39, 0.29) is 5.56 Å². The predicted molar refractivity (Wildman–Crippen MR) is 108 cm³/mol. The molecule has 0 spiro atoms. The SMILES string of the molecule is Cc1ccc([C@H]2C[C@@H]2COc2nc(C)ncc2-c2cc(=O)n(C)cc2C)nc1. The Morgan fingerprint density at radius 1 is 1.14 bits per heavy atom. The molecule has 0 N–H and O–H groups in total. The van der Waals surface area contributed by atoms with Crippen molar-refractivity contribution < 1.29 is 4.74 Å². The van der Waals surface area contributed by atoms with E-state index in [1.54, 1.807) is 23.9 Å².